The van der Waals surface area contributed by atoms with Crippen LogP contribution in [0.25, 0.3) is 16.7 Å². The first-order valence-corrected chi connectivity index (χ1v) is 6.77. The summed E-state index contributed by atoms with van der Waals surface area (Å²) in [4.78, 5) is 0. The maximum Gasteiger partial charge on any atom is -0.00581 e. The molecule has 0 aromatic heterocycles. The largest absolute Gasteiger partial charge is 0.0660 e. The van der Waals surface area contributed by atoms with Gasteiger partial charge in [-0.25, -0.2) is 0 Å². The summed E-state index contributed by atoms with van der Waals surface area (Å²) >= 11 is 0. The summed E-state index contributed by atoms with van der Waals surface area (Å²) in [5, 5.41) is 0. The zero-order chi connectivity index (χ0) is 13.2. The highest BCUT2D eigenvalue weighted by Gasteiger charge is 2.11. The van der Waals surface area contributed by atoms with Crippen molar-refractivity contribution in [2.75, 3.05) is 0 Å². The minimum atomic E-state index is 1.09. The summed E-state index contributed by atoms with van der Waals surface area (Å²) in [6, 6.07) is 19.4. The van der Waals surface area contributed by atoms with E-state index in [9.17, 15) is 0 Å². The Labute approximate surface area is 115 Å². The smallest absolute Gasteiger partial charge is 0.00581 e. The summed E-state index contributed by atoms with van der Waals surface area (Å²) in [6.45, 7) is 4.41. The molecule has 0 heterocycles. The van der Waals surface area contributed by atoms with E-state index < -0.39 is 0 Å². The van der Waals surface area contributed by atoms with Gasteiger partial charge in [-0.1, -0.05) is 71.8 Å². The summed E-state index contributed by atoms with van der Waals surface area (Å²) in [7, 11) is 0. The molecule has 19 heavy (non-hydrogen) atoms. The van der Waals surface area contributed by atoms with E-state index in [-0.39, 0.29) is 0 Å². The molecule has 0 bridgehead atoms. The second kappa shape index (κ2) is 4.89. The summed E-state index contributed by atoms with van der Waals surface area (Å²) < 4.78 is 0. The fourth-order valence-electron chi connectivity index (χ4n) is 2.55. The van der Waals surface area contributed by atoms with Gasteiger partial charge in [0.1, 0.15) is 0 Å². The Bertz CT molecular complexity index is 640. The van der Waals surface area contributed by atoms with Crippen molar-refractivity contribution in [1.82, 2.24) is 0 Å². The minimum absolute atomic E-state index is 1.09. The van der Waals surface area contributed by atoms with E-state index in [4.69, 9.17) is 0 Å². The van der Waals surface area contributed by atoms with Crippen molar-refractivity contribution in [2.45, 2.75) is 20.3 Å². The zero-order valence-corrected chi connectivity index (χ0v) is 11.5. The molecule has 1 aliphatic carbocycles. The number of rotatable bonds is 2. The molecular formula is C19H18. The van der Waals surface area contributed by atoms with Gasteiger partial charge in [0.15, 0.2) is 0 Å². The third kappa shape index (κ3) is 2.39. The Morgan fingerprint density at radius 1 is 0.684 bits per heavy atom. The summed E-state index contributed by atoms with van der Waals surface area (Å²) in [6.07, 6.45) is 3.41. The van der Waals surface area contributed by atoms with Gasteiger partial charge in [-0.2, -0.15) is 0 Å². The quantitative estimate of drug-likeness (QED) is 0.658. The summed E-state index contributed by atoms with van der Waals surface area (Å²) in [5.41, 5.74) is 8.25. The van der Waals surface area contributed by atoms with Crippen molar-refractivity contribution in [1.29, 1.82) is 0 Å². The van der Waals surface area contributed by atoms with Crippen LogP contribution >= 0.6 is 0 Å². The molecule has 2 aromatic carbocycles. The highest BCUT2D eigenvalue weighted by Crippen LogP contribution is 2.32. The van der Waals surface area contributed by atoms with Crippen molar-refractivity contribution in [3.8, 4) is 11.1 Å². The van der Waals surface area contributed by atoms with Gasteiger partial charge in [0.2, 0.25) is 0 Å². The lowest BCUT2D eigenvalue weighted by Gasteiger charge is -2.06. The number of hydrogen-bond donors (Lipinski definition) is 0. The predicted octanol–water partition coefficient (Wildman–Crippen LogP) is 5.48. The maximum atomic E-state index is 2.31. The first-order valence-electron chi connectivity index (χ1n) is 6.77. The van der Waals surface area contributed by atoms with Gasteiger partial charge in [0.05, 0.1) is 0 Å². The standard InChI is InChI=1S/C19H18/c1-14-12-19(13-15(14)2)18-10-8-17(9-11-18)16-6-4-3-5-7-16/h3-12H,13H2,1-2H3. The number of hydrogen-bond acceptors (Lipinski definition) is 0. The SMILES string of the molecule is CC1=C(C)CC(c2ccc(-c3ccccc3)cc2)=C1. The number of benzene rings is 2. The first-order chi connectivity index (χ1) is 9.24. The molecule has 0 unspecified atom stereocenters. The van der Waals surface area contributed by atoms with E-state index in [1.807, 2.05) is 0 Å². The van der Waals surface area contributed by atoms with Crippen molar-refractivity contribution >= 4 is 5.57 Å². The van der Waals surface area contributed by atoms with Crippen LogP contribution in [0.2, 0.25) is 0 Å². The van der Waals surface area contributed by atoms with Gasteiger partial charge < -0.3 is 0 Å². The lowest BCUT2D eigenvalue weighted by Crippen LogP contribution is -1.83. The lowest BCUT2D eigenvalue weighted by atomic mass is 9.99. The van der Waals surface area contributed by atoms with E-state index in [2.05, 4.69) is 74.5 Å². The van der Waals surface area contributed by atoms with Gasteiger partial charge in [0.25, 0.3) is 0 Å². The normalized spacial score (nSPS) is 14.7. The van der Waals surface area contributed by atoms with Crippen LogP contribution in [0, 0.1) is 0 Å². The molecule has 0 spiro atoms. The maximum absolute atomic E-state index is 2.31. The molecular weight excluding hydrogens is 228 g/mol. The second-order valence-corrected chi connectivity index (χ2v) is 5.25. The Kier molecular flexibility index (Phi) is 3.08. The minimum Gasteiger partial charge on any atom is -0.0660 e. The summed E-state index contributed by atoms with van der Waals surface area (Å²) in [5.74, 6) is 0. The molecule has 0 atom stereocenters. The van der Waals surface area contributed by atoms with Gasteiger partial charge >= 0.3 is 0 Å². The van der Waals surface area contributed by atoms with Crippen molar-refractivity contribution in [2.24, 2.45) is 0 Å². The van der Waals surface area contributed by atoms with Crippen LogP contribution in [0.5, 0.6) is 0 Å². The van der Waals surface area contributed by atoms with Gasteiger partial charge in [-0.05, 0) is 42.5 Å². The molecule has 0 heteroatoms. The molecule has 0 fully saturated rings. The van der Waals surface area contributed by atoms with Crippen LogP contribution in [0.3, 0.4) is 0 Å². The zero-order valence-electron chi connectivity index (χ0n) is 11.5. The molecule has 0 amide bonds. The van der Waals surface area contributed by atoms with E-state index in [0.717, 1.165) is 6.42 Å². The average molecular weight is 246 g/mol. The topological polar surface area (TPSA) is 0 Å². The third-order valence-corrected chi connectivity index (χ3v) is 3.88. The second-order valence-electron chi connectivity index (χ2n) is 5.25. The Morgan fingerprint density at radius 3 is 1.84 bits per heavy atom. The molecule has 3 rings (SSSR count). The monoisotopic (exact) mass is 246 g/mol. The fraction of sp³-hybridized carbons (Fsp3) is 0.158. The van der Waals surface area contributed by atoms with Crippen LogP contribution in [0.1, 0.15) is 25.8 Å². The van der Waals surface area contributed by atoms with Gasteiger partial charge in [0, 0.05) is 0 Å². The molecule has 2 aromatic rings. The molecule has 0 radical (unpaired) electrons. The Hall–Kier alpha value is -2.08. The lowest BCUT2D eigenvalue weighted by molar-refractivity contribution is 1.23. The van der Waals surface area contributed by atoms with Crippen LogP contribution in [-0.2, 0) is 0 Å². The van der Waals surface area contributed by atoms with Crippen LogP contribution in [0.4, 0.5) is 0 Å². The van der Waals surface area contributed by atoms with Gasteiger partial charge in [-0.15, -0.1) is 0 Å². The molecule has 0 saturated carbocycles. The fourth-order valence-corrected chi connectivity index (χ4v) is 2.55. The van der Waals surface area contributed by atoms with Crippen molar-refractivity contribution in [3.63, 3.8) is 0 Å². The third-order valence-electron chi connectivity index (χ3n) is 3.88. The average Bonchev–Trinajstić information content (AvgIpc) is 2.80. The van der Waals surface area contributed by atoms with Crippen LogP contribution in [-0.4, -0.2) is 0 Å². The molecule has 94 valence electrons. The van der Waals surface area contributed by atoms with E-state index in [1.54, 1.807) is 0 Å². The van der Waals surface area contributed by atoms with E-state index >= 15 is 0 Å². The van der Waals surface area contributed by atoms with E-state index in [1.165, 1.54) is 33.4 Å². The van der Waals surface area contributed by atoms with E-state index in [0.29, 0.717) is 0 Å². The number of allylic oxidation sites excluding steroid dienone is 4. The molecule has 0 N–H and O–H groups in total. The predicted molar refractivity (Wildman–Crippen MR) is 82.8 cm³/mol. The molecule has 1 aliphatic rings. The Balaban J connectivity index is 1.87. The highest BCUT2D eigenvalue weighted by atomic mass is 14.2. The van der Waals surface area contributed by atoms with Crippen molar-refractivity contribution in [3.05, 3.63) is 77.4 Å². The van der Waals surface area contributed by atoms with Crippen molar-refractivity contribution < 1.29 is 0 Å². The molecule has 0 nitrogen and oxygen atoms in total. The molecule has 0 saturated heterocycles. The van der Waals surface area contributed by atoms with Crippen LogP contribution in [0.15, 0.2) is 71.8 Å². The van der Waals surface area contributed by atoms with Crippen LogP contribution < -0.4 is 0 Å². The highest BCUT2D eigenvalue weighted by molar-refractivity contribution is 5.75. The molecule has 0 aliphatic heterocycles. The first kappa shape index (κ1) is 12.0. The Morgan fingerprint density at radius 2 is 1.26 bits per heavy atom. The van der Waals surface area contributed by atoms with Gasteiger partial charge in [-0.3, -0.25) is 0 Å².